The van der Waals surface area contributed by atoms with Gasteiger partial charge in [0.1, 0.15) is 5.75 Å². The van der Waals surface area contributed by atoms with E-state index < -0.39 is 8.32 Å². The van der Waals surface area contributed by atoms with Crippen molar-refractivity contribution in [1.29, 1.82) is 0 Å². The van der Waals surface area contributed by atoms with Crippen LogP contribution in [0, 0.1) is 0 Å². The molecule has 1 saturated heterocycles. The molecular weight excluding hydrogens is 476 g/mol. The summed E-state index contributed by atoms with van der Waals surface area (Å²) in [4.78, 5) is 6.68. The second-order valence-electron chi connectivity index (χ2n) is 11.8. The van der Waals surface area contributed by atoms with Gasteiger partial charge in [-0.05, 0) is 54.9 Å². The summed E-state index contributed by atoms with van der Waals surface area (Å²) in [6.45, 7) is 23.4. The first kappa shape index (κ1) is 27.1. The number of rotatable bonds is 8. The van der Waals surface area contributed by atoms with Crippen LogP contribution in [0.4, 0.5) is 5.69 Å². The molecule has 1 aliphatic rings. The number of hydrogen-bond donors (Lipinski definition) is 0. The van der Waals surface area contributed by atoms with E-state index in [1.807, 2.05) is 36.4 Å². The molecule has 0 spiro atoms. The summed E-state index contributed by atoms with van der Waals surface area (Å²) in [5.74, 6) is 1.56. The van der Waals surface area contributed by atoms with E-state index in [1.54, 1.807) is 4.80 Å². The lowest BCUT2D eigenvalue weighted by atomic mass is 10.1. The predicted molar refractivity (Wildman–Crippen MR) is 155 cm³/mol. The monoisotopic (exact) mass is 518 g/mol. The largest absolute Gasteiger partial charge is 0.543 e. The molecular formula is C29H42N6OSi. The van der Waals surface area contributed by atoms with Crippen LogP contribution < -0.4 is 9.33 Å². The third-order valence-electron chi connectivity index (χ3n) is 7.75. The van der Waals surface area contributed by atoms with E-state index in [0.29, 0.717) is 24.5 Å². The van der Waals surface area contributed by atoms with Crippen molar-refractivity contribution in [2.24, 2.45) is 0 Å². The molecule has 2 heterocycles. The normalized spacial score (nSPS) is 19.2. The van der Waals surface area contributed by atoms with Crippen LogP contribution in [0.15, 0.2) is 61.2 Å². The lowest BCUT2D eigenvalue weighted by molar-refractivity contribution is 0.184. The Labute approximate surface area is 223 Å². The van der Waals surface area contributed by atoms with Crippen molar-refractivity contribution in [3.63, 3.8) is 0 Å². The zero-order valence-electron chi connectivity index (χ0n) is 23.5. The van der Waals surface area contributed by atoms with Gasteiger partial charge >= 0.3 is 0 Å². The molecule has 1 fully saturated rings. The Bertz CT molecular complexity index is 1200. The highest BCUT2D eigenvalue weighted by Gasteiger charge is 2.39. The second-order valence-corrected chi connectivity index (χ2v) is 16.5. The Morgan fingerprint density at radius 3 is 2.46 bits per heavy atom. The maximum Gasteiger partial charge on any atom is 0.250 e. The Kier molecular flexibility index (Phi) is 7.90. The van der Waals surface area contributed by atoms with Crippen LogP contribution in [0.3, 0.4) is 0 Å². The molecule has 8 heteroatoms. The molecule has 198 valence electrons. The fourth-order valence-corrected chi connectivity index (χ4v) is 5.57. The van der Waals surface area contributed by atoms with E-state index >= 15 is 0 Å². The van der Waals surface area contributed by atoms with Crippen LogP contribution >= 0.6 is 0 Å². The smallest absolute Gasteiger partial charge is 0.250 e. The molecule has 0 aliphatic carbocycles. The summed E-state index contributed by atoms with van der Waals surface area (Å²) in [6, 6.07) is 17.4. The fourth-order valence-electron chi connectivity index (χ4n) is 4.56. The summed E-state index contributed by atoms with van der Waals surface area (Å²) in [5, 5.41) is 13.4. The predicted octanol–water partition coefficient (Wildman–Crippen LogP) is 5.86. The van der Waals surface area contributed by atoms with Gasteiger partial charge in [-0.15, -0.1) is 16.8 Å². The number of hydrogen-bond acceptors (Lipinski definition) is 6. The third kappa shape index (κ3) is 6.30. The van der Waals surface area contributed by atoms with Gasteiger partial charge < -0.3 is 9.33 Å². The van der Waals surface area contributed by atoms with Crippen LogP contribution in [0.2, 0.25) is 18.1 Å². The number of piperazine rings is 1. The van der Waals surface area contributed by atoms with E-state index in [1.165, 1.54) is 5.69 Å². The zero-order valence-corrected chi connectivity index (χ0v) is 24.5. The lowest BCUT2D eigenvalue weighted by Crippen LogP contribution is -2.56. The van der Waals surface area contributed by atoms with E-state index in [4.69, 9.17) is 4.43 Å². The summed E-state index contributed by atoms with van der Waals surface area (Å²) in [7, 11) is -2.01. The highest BCUT2D eigenvalue weighted by molar-refractivity contribution is 6.74. The Hall–Kier alpha value is -2.97. The standard InChI is InChI=1S/C29H42N6OSi/c1-9-15-33-19-23(3)34(20-22(33)2)26-16-24(17-27(18-26)36-37(7,8)29(4,5)6)21-35-31-28(30-32-35)25-13-11-10-12-14-25/h9-14,16-18,22-23H,1,15,19-21H2,2-8H3/t22-,23+/m1/s1. The van der Waals surface area contributed by atoms with Crippen LogP contribution in [0.25, 0.3) is 11.4 Å². The van der Waals surface area contributed by atoms with Crippen LogP contribution in [-0.2, 0) is 6.54 Å². The van der Waals surface area contributed by atoms with Gasteiger partial charge in [0.15, 0.2) is 0 Å². The molecule has 37 heavy (non-hydrogen) atoms. The highest BCUT2D eigenvalue weighted by Crippen LogP contribution is 2.39. The van der Waals surface area contributed by atoms with Crippen LogP contribution in [0.1, 0.15) is 40.2 Å². The summed E-state index contributed by atoms with van der Waals surface area (Å²) in [5.41, 5.74) is 3.26. The van der Waals surface area contributed by atoms with Gasteiger partial charge in [-0.1, -0.05) is 57.2 Å². The minimum absolute atomic E-state index is 0.110. The lowest BCUT2D eigenvalue weighted by Gasteiger charge is -2.45. The van der Waals surface area contributed by atoms with Crippen LogP contribution in [-0.4, -0.2) is 65.1 Å². The Morgan fingerprint density at radius 2 is 1.78 bits per heavy atom. The van der Waals surface area contributed by atoms with Crippen molar-refractivity contribution in [3.05, 3.63) is 66.7 Å². The van der Waals surface area contributed by atoms with Gasteiger partial charge in [0, 0.05) is 49.0 Å². The quantitative estimate of drug-likeness (QED) is 0.275. The molecule has 0 N–H and O–H groups in total. The first-order chi connectivity index (χ1) is 17.5. The van der Waals surface area contributed by atoms with Gasteiger partial charge in [-0.3, -0.25) is 4.90 Å². The van der Waals surface area contributed by atoms with Gasteiger partial charge in [-0.2, -0.15) is 4.80 Å². The molecule has 2 aromatic carbocycles. The van der Waals surface area contributed by atoms with Crippen molar-refractivity contribution >= 4 is 14.0 Å². The molecule has 4 rings (SSSR count). The average molecular weight is 519 g/mol. The summed E-state index contributed by atoms with van der Waals surface area (Å²) >= 11 is 0. The molecule has 0 unspecified atom stereocenters. The van der Waals surface area contributed by atoms with Gasteiger partial charge in [0.05, 0.1) is 6.54 Å². The van der Waals surface area contributed by atoms with E-state index in [-0.39, 0.29) is 5.04 Å². The Balaban J connectivity index is 1.66. The SMILES string of the molecule is C=CCN1C[C@H](C)N(c2cc(Cn3nnc(-c4ccccc4)n3)cc(O[Si](C)(C)C(C)(C)C)c2)C[C@H]1C. The molecule has 7 nitrogen and oxygen atoms in total. The minimum atomic E-state index is -2.01. The van der Waals surface area contributed by atoms with Crippen molar-refractivity contribution in [1.82, 2.24) is 25.1 Å². The molecule has 2 atom stereocenters. The van der Waals surface area contributed by atoms with E-state index in [0.717, 1.165) is 36.5 Å². The maximum atomic E-state index is 6.80. The summed E-state index contributed by atoms with van der Waals surface area (Å²) < 4.78 is 6.80. The summed E-state index contributed by atoms with van der Waals surface area (Å²) in [6.07, 6.45) is 2.00. The second kappa shape index (κ2) is 10.8. The number of anilines is 1. The zero-order chi connectivity index (χ0) is 26.8. The molecule has 1 aliphatic heterocycles. The minimum Gasteiger partial charge on any atom is -0.543 e. The van der Waals surface area contributed by atoms with E-state index in [9.17, 15) is 0 Å². The maximum absolute atomic E-state index is 6.80. The Morgan fingerprint density at radius 1 is 1.05 bits per heavy atom. The van der Waals surface area contributed by atoms with Gasteiger partial charge in [0.2, 0.25) is 14.1 Å². The molecule has 0 radical (unpaired) electrons. The topological polar surface area (TPSA) is 59.3 Å². The van der Waals surface area contributed by atoms with Crippen molar-refractivity contribution < 1.29 is 4.43 Å². The first-order valence-electron chi connectivity index (χ1n) is 13.2. The third-order valence-corrected chi connectivity index (χ3v) is 12.1. The number of nitrogens with zero attached hydrogens (tertiary/aromatic N) is 6. The van der Waals surface area contributed by atoms with E-state index in [2.05, 4.69) is 97.7 Å². The van der Waals surface area contributed by atoms with Crippen molar-refractivity contribution in [2.45, 2.75) is 71.4 Å². The first-order valence-corrected chi connectivity index (χ1v) is 16.2. The van der Waals surface area contributed by atoms with Gasteiger partial charge in [0.25, 0.3) is 0 Å². The number of aromatic nitrogens is 4. The molecule has 0 saturated carbocycles. The molecule has 3 aromatic rings. The number of benzene rings is 2. The fraction of sp³-hybridized carbons (Fsp3) is 0.483. The molecule has 1 aromatic heterocycles. The number of tetrazole rings is 1. The molecule has 0 amide bonds. The van der Waals surface area contributed by atoms with Crippen molar-refractivity contribution in [2.75, 3.05) is 24.5 Å². The molecule has 0 bridgehead atoms. The highest BCUT2D eigenvalue weighted by atomic mass is 28.4. The average Bonchev–Trinajstić information content (AvgIpc) is 3.29. The van der Waals surface area contributed by atoms with Crippen LogP contribution in [0.5, 0.6) is 5.75 Å². The van der Waals surface area contributed by atoms with Gasteiger partial charge in [-0.25, -0.2) is 0 Å². The van der Waals surface area contributed by atoms with Crippen molar-refractivity contribution in [3.8, 4) is 17.1 Å².